The van der Waals surface area contributed by atoms with Gasteiger partial charge in [-0.1, -0.05) is 24.3 Å². The van der Waals surface area contributed by atoms with Crippen molar-refractivity contribution in [2.24, 2.45) is 0 Å². The van der Waals surface area contributed by atoms with E-state index < -0.39 is 28.5 Å². The summed E-state index contributed by atoms with van der Waals surface area (Å²) in [4.78, 5) is 35.4. The number of sulfonamides is 1. The van der Waals surface area contributed by atoms with Gasteiger partial charge in [0.25, 0.3) is 5.91 Å². The molecule has 2 aromatic carbocycles. The van der Waals surface area contributed by atoms with Crippen LogP contribution in [0, 0.1) is 0 Å². The van der Waals surface area contributed by atoms with Gasteiger partial charge in [-0.25, -0.2) is 17.9 Å². The van der Waals surface area contributed by atoms with E-state index in [1.54, 1.807) is 18.2 Å². The molecule has 0 aromatic heterocycles. The maximum Gasteiger partial charge on any atom is 0.338 e. The number of esters is 1. The first-order valence-electron chi connectivity index (χ1n) is 8.51. The predicted molar refractivity (Wildman–Crippen MR) is 107 cm³/mol. The molecule has 0 aliphatic rings. The molecule has 0 aliphatic heterocycles. The van der Waals surface area contributed by atoms with Gasteiger partial charge in [0.1, 0.15) is 0 Å². The van der Waals surface area contributed by atoms with Gasteiger partial charge in [0, 0.05) is 17.8 Å². The summed E-state index contributed by atoms with van der Waals surface area (Å²) in [6.45, 7) is 4.31. The van der Waals surface area contributed by atoms with Crippen LogP contribution < -0.4 is 10.0 Å². The fourth-order valence-corrected chi connectivity index (χ4v) is 3.31. The number of amides is 1. The Balaban J connectivity index is 1.99. The summed E-state index contributed by atoms with van der Waals surface area (Å²) in [5.74, 6) is -1.60. The van der Waals surface area contributed by atoms with Gasteiger partial charge in [0.15, 0.2) is 12.4 Å². The van der Waals surface area contributed by atoms with Crippen LogP contribution in [-0.2, 0) is 19.6 Å². The zero-order chi connectivity index (χ0) is 21.4. The highest BCUT2D eigenvalue weighted by Crippen LogP contribution is 2.13. The van der Waals surface area contributed by atoms with Crippen molar-refractivity contribution in [2.45, 2.75) is 11.8 Å². The summed E-state index contributed by atoms with van der Waals surface area (Å²) in [6, 6.07) is 11.6. The lowest BCUT2D eigenvalue weighted by Gasteiger charge is -2.09. The van der Waals surface area contributed by atoms with Crippen LogP contribution in [0.5, 0.6) is 0 Å². The van der Waals surface area contributed by atoms with Crippen molar-refractivity contribution >= 4 is 33.4 Å². The molecule has 0 aliphatic carbocycles. The molecule has 0 fully saturated rings. The summed E-state index contributed by atoms with van der Waals surface area (Å²) in [7, 11) is -3.80. The third-order valence-electron chi connectivity index (χ3n) is 3.68. The van der Waals surface area contributed by atoms with Crippen LogP contribution in [0.3, 0.4) is 0 Å². The minimum absolute atomic E-state index is 0.0159. The number of ether oxygens (including phenoxy) is 1. The highest BCUT2D eigenvalue weighted by atomic mass is 32.2. The number of rotatable bonds is 9. The first-order chi connectivity index (χ1) is 13.7. The Morgan fingerprint density at radius 2 is 1.76 bits per heavy atom. The maximum absolute atomic E-state index is 12.2. The Labute approximate surface area is 168 Å². The Hall–Kier alpha value is -3.30. The van der Waals surface area contributed by atoms with Crippen molar-refractivity contribution < 1.29 is 27.5 Å². The smallest absolute Gasteiger partial charge is 0.338 e. The molecule has 1 amide bonds. The van der Waals surface area contributed by atoms with Crippen LogP contribution >= 0.6 is 0 Å². The SMILES string of the molecule is C=CCNS(=O)(=O)c1cccc(C(=O)OCC(=O)Nc2cccc(C(C)=O)c2)c1. The Morgan fingerprint density at radius 1 is 1.07 bits per heavy atom. The number of carbonyl (C=O) groups excluding carboxylic acids is 3. The van der Waals surface area contributed by atoms with Crippen LogP contribution in [0.1, 0.15) is 27.6 Å². The molecular formula is C20H20N2O6S. The van der Waals surface area contributed by atoms with Gasteiger partial charge in [-0.15, -0.1) is 6.58 Å². The average molecular weight is 416 g/mol. The fraction of sp³-hybridized carbons (Fsp3) is 0.150. The Bertz CT molecular complexity index is 1050. The quantitative estimate of drug-likeness (QED) is 0.367. The van der Waals surface area contributed by atoms with E-state index in [4.69, 9.17) is 4.74 Å². The molecule has 2 aromatic rings. The minimum atomic E-state index is -3.80. The van der Waals surface area contributed by atoms with E-state index in [0.717, 1.165) is 6.07 Å². The third kappa shape index (κ3) is 6.37. The molecule has 0 spiro atoms. The van der Waals surface area contributed by atoms with Gasteiger partial charge in [0.05, 0.1) is 10.5 Å². The monoisotopic (exact) mass is 416 g/mol. The second kappa shape index (κ2) is 9.76. The topological polar surface area (TPSA) is 119 Å². The number of benzene rings is 2. The zero-order valence-corrected chi connectivity index (χ0v) is 16.5. The van der Waals surface area contributed by atoms with E-state index in [-0.39, 0.29) is 22.8 Å². The van der Waals surface area contributed by atoms with Crippen molar-refractivity contribution in [2.75, 3.05) is 18.5 Å². The molecule has 0 atom stereocenters. The van der Waals surface area contributed by atoms with E-state index in [2.05, 4.69) is 16.6 Å². The number of ketones is 1. The van der Waals surface area contributed by atoms with Gasteiger partial charge in [-0.05, 0) is 37.3 Å². The standard InChI is InChI=1S/C20H20N2O6S/c1-3-10-21-29(26,27)18-9-5-7-16(12-18)20(25)28-13-19(24)22-17-8-4-6-15(11-17)14(2)23/h3-9,11-12,21H,1,10,13H2,2H3,(H,22,24). The molecule has 0 radical (unpaired) electrons. The molecule has 0 unspecified atom stereocenters. The van der Waals surface area contributed by atoms with E-state index in [1.165, 1.54) is 37.3 Å². The lowest BCUT2D eigenvalue weighted by molar-refractivity contribution is -0.119. The second-order valence-corrected chi connectivity index (χ2v) is 7.70. The van der Waals surface area contributed by atoms with Crippen molar-refractivity contribution in [3.63, 3.8) is 0 Å². The molecule has 2 N–H and O–H groups in total. The zero-order valence-electron chi connectivity index (χ0n) is 15.7. The summed E-state index contributed by atoms with van der Waals surface area (Å²) >= 11 is 0. The summed E-state index contributed by atoms with van der Waals surface area (Å²) < 4.78 is 31.5. The molecule has 29 heavy (non-hydrogen) atoms. The fourth-order valence-electron chi connectivity index (χ4n) is 2.27. The second-order valence-electron chi connectivity index (χ2n) is 5.93. The number of hydrogen-bond donors (Lipinski definition) is 2. The third-order valence-corrected chi connectivity index (χ3v) is 5.11. The summed E-state index contributed by atoms with van der Waals surface area (Å²) in [5, 5.41) is 2.52. The van der Waals surface area contributed by atoms with Crippen LogP contribution in [0.25, 0.3) is 0 Å². The molecule has 0 bridgehead atoms. The summed E-state index contributed by atoms with van der Waals surface area (Å²) in [6.07, 6.45) is 1.39. The van der Waals surface area contributed by atoms with Crippen molar-refractivity contribution in [3.8, 4) is 0 Å². The lowest BCUT2D eigenvalue weighted by Crippen LogP contribution is -2.24. The largest absolute Gasteiger partial charge is 0.452 e. The molecule has 2 rings (SSSR count). The first-order valence-corrected chi connectivity index (χ1v) is 10.00. The van der Waals surface area contributed by atoms with Gasteiger partial charge in [0.2, 0.25) is 10.0 Å². The highest BCUT2D eigenvalue weighted by molar-refractivity contribution is 7.89. The van der Waals surface area contributed by atoms with E-state index >= 15 is 0 Å². The molecular weight excluding hydrogens is 396 g/mol. The number of Topliss-reactive ketones (excluding diaryl/α,β-unsaturated/α-hetero) is 1. The van der Waals surface area contributed by atoms with Gasteiger partial charge >= 0.3 is 5.97 Å². The normalized spacial score (nSPS) is 10.8. The molecule has 9 heteroatoms. The average Bonchev–Trinajstić information content (AvgIpc) is 2.70. The molecule has 0 saturated heterocycles. The lowest BCUT2D eigenvalue weighted by atomic mass is 10.1. The van der Waals surface area contributed by atoms with Crippen molar-refractivity contribution in [3.05, 3.63) is 72.3 Å². The molecule has 0 saturated carbocycles. The van der Waals surface area contributed by atoms with Gasteiger partial charge in [-0.2, -0.15) is 0 Å². The predicted octanol–water partition coefficient (Wildman–Crippen LogP) is 2.15. The number of nitrogens with one attached hydrogen (secondary N) is 2. The van der Waals surface area contributed by atoms with Gasteiger partial charge < -0.3 is 10.1 Å². The van der Waals surface area contributed by atoms with Crippen molar-refractivity contribution in [1.29, 1.82) is 0 Å². The molecule has 0 heterocycles. The number of anilines is 1. The van der Waals surface area contributed by atoms with Crippen molar-refractivity contribution in [1.82, 2.24) is 4.72 Å². The van der Waals surface area contributed by atoms with Crippen LogP contribution in [-0.4, -0.2) is 39.2 Å². The highest BCUT2D eigenvalue weighted by Gasteiger charge is 2.17. The number of carbonyl (C=O) groups is 3. The number of hydrogen-bond acceptors (Lipinski definition) is 6. The summed E-state index contributed by atoms with van der Waals surface area (Å²) in [5.41, 5.74) is 0.806. The van der Waals surface area contributed by atoms with Crippen LogP contribution in [0.15, 0.2) is 66.1 Å². The van der Waals surface area contributed by atoms with E-state index in [1.807, 2.05) is 0 Å². The Morgan fingerprint density at radius 3 is 2.45 bits per heavy atom. The Kier molecular flexibility index (Phi) is 7.40. The van der Waals surface area contributed by atoms with E-state index in [0.29, 0.717) is 11.3 Å². The minimum Gasteiger partial charge on any atom is -0.452 e. The maximum atomic E-state index is 12.2. The molecule has 152 valence electrons. The molecule has 8 nitrogen and oxygen atoms in total. The van der Waals surface area contributed by atoms with E-state index in [9.17, 15) is 22.8 Å². The van der Waals surface area contributed by atoms with Crippen LogP contribution in [0.2, 0.25) is 0 Å². The van der Waals surface area contributed by atoms with Gasteiger partial charge in [-0.3, -0.25) is 9.59 Å². The first kappa shape index (κ1) is 22.0. The van der Waals surface area contributed by atoms with Crippen LogP contribution in [0.4, 0.5) is 5.69 Å².